The molecule has 0 spiro atoms. The molecule has 4 aromatic rings. The summed E-state index contributed by atoms with van der Waals surface area (Å²) in [5.74, 6) is -1.02. The summed E-state index contributed by atoms with van der Waals surface area (Å²) < 4.78 is 29.0. The predicted molar refractivity (Wildman–Crippen MR) is 172 cm³/mol. The smallest absolute Gasteiger partial charge is 0.264 e. The van der Waals surface area contributed by atoms with E-state index in [1.54, 1.807) is 42.5 Å². The lowest BCUT2D eigenvalue weighted by Crippen LogP contribution is -2.53. The van der Waals surface area contributed by atoms with Gasteiger partial charge in [0.05, 0.1) is 10.6 Å². The van der Waals surface area contributed by atoms with E-state index < -0.39 is 34.4 Å². The van der Waals surface area contributed by atoms with Crippen molar-refractivity contribution in [1.29, 1.82) is 0 Å². The van der Waals surface area contributed by atoms with Gasteiger partial charge in [-0.2, -0.15) is 0 Å². The molecule has 0 aromatic heterocycles. The summed E-state index contributed by atoms with van der Waals surface area (Å²) in [6, 6.07) is 25.7. The molecule has 0 radical (unpaired) electrons. The van der Waals surface area contributed by atoms with Crippen LogP contribution in [0, 0.1) is 6.92 Å². The molecule has 43 heavy (non-hydrogen) atoms. The first-order chi connectivity index (χ1) is 20.5. The SMILES string of the molecule is CNC(=O)C(Cc1ccccc1)N(Cc1ccc(Cl)cc1Cl)C(=O)CN(c1ccc(C)cc1)S(=O)(=O)c1ccc(Cl)cc1. The van der Waals surface area contributed by atoms with Crippen LogP contribution in [0.15, 0.2) is 102 Å². The second-order valence-corrected chi connectivity index (χ2v) is 13.0. The Balaban J connectivity index is 1.80. The van der Waals surface area contributed by atoms with Gasteiger partial charge in [0.1, 0.15) is 12.6 Å². The number of halogens is 3. The first-order valence-electron chi connectivity index (χ1n) is 13.3. The van der Waals surface area contributed by atoms with Gasteiger partial charge in [-0.1, -0.05) is 88.9 Å². The van der Waals surface area contributed by atoms with Crippen LogP contribution < -0.4 is 9.62 Å². The third kappa shape index (κ3) is 8.09. The lowest BCUT2D eigenvalue weighted by atomic mass is 10.0. The number of aryl methyl sites for hydroxylation is 1. The number of sulfonamides is 1. The Morgan fingerprint density at radius 2 is 1.47 bits per heavy atom. The fourth-order valence-corrected chi connectivity index (χ4v) is 6.54. The minimum atomic E-state index is -4.23. The molecule has 11 heteroatoms. The van der Waals surface area contributed by atoms with Crippen LogP contribution in [0.4, 0.5) is 5.69 Å². The molecule has 4 rings (SSSR count). The highest BCUT2D eigenvalue weighted by Crippen LogP contribution is 2.28. The Hall–Kier alpha value is -3.56. The highest BCUT2D eigenvalue weighted by molar-refractivity contribution is 7.92. The molecule has 0 aliphatic carbocycles. The molecule has 1 unspecified atom stereocenters. The summed E-state index contributed by atoms with van der Waals surface area (Å²) in [5.41, 5.74) is 2.57. The number of anilines is 1. The Kier molecular flexibility index (Phi) is 10.7. The van der Waals surface area contributed by atoms with Gasteiger partial charge in [0.25, 0.3) is 10.0 Å². The first-order valence-corrected chi connectivity index (χ1v) is 15.9. The number of carbonyl (C=O) groups excluding carboxylic acids is 2. The van der Waals surface area contributed by atoms with E-state index >= 15 is 0 Å². The Labute approximate surface area is 267 Å². The van der Waals surface area contributed by atoms with Crippen LogP contribution in [-0.2, 0) is 32.6 Å². The number of nitrogens with zero attached hydrogens (tertiary/aromatic N) is 2. The third-order valence-electron chi connectivity index (χ3n) is 6.88. The van der Waals surface area contributed by atoms with E-state index in [9.17, 15) is 18.0 Å². The zero-order chi connectivity index (χ0) is 31.1. The maximum atomic E-state index is 14.3. The second-order valence-electron chi connectivity index (χ2n) is 9.88. The van der Waals surface area contributed by atoms with Gasteiger partial charge in [-0.3, -0.25) is 13.9 Å². The Bertz CT molecular complexity index is 1680. The number of nitrogens with one attached hydrogen (secondary N) is 1. The summed E-state index contributed by atoms with van der Waals surface area (Å²) in [6.45, 7) is 1.23. The molecule has 0 fully saturated rings. The van der Waals surface area contributed by atoms with Crippen LogP contribution in [0.5, 0.6) is 0 Å². The van der Waals surface area contributed by atoms with Crippen LogP contribution in [-0.4, -0.2) is 44.8 Å². The topological polar surface area (TPSA) is 86.8 Å². The van der Waals surface area contributed by atoms with E-state index in [1.807, 2.05) is 37.3 Å². The molecule has 0 aliphatic rings. The molecule has 0 saturated carbocycles. The second kappa shape index (κ2) is 14.3. The molecule has 2 amide bonds. The molecule has 0 saturated heterocycles. The van der Waals surface area contributed by atoms with Gasteiger partial charge in [0, 0.05) is 35.1 Å². The molecular formula is C32H30Cl3N3O4S. The predicted octanol–water partition coefficient (Wildman–Crippen LogP) is 6.54. The zero-order valence-electron chi connectivity index (χ0n) is 23.5. The monoisotopic (exact) mass is 657 g/mol. The minimum Gasteiger partial charge on any atom is -0.357 e. The fraction of sp³-hybridized carbons (Fsp3) is 0.188. The van der Waals surface area contributed by atoms with E-state index in [0.717, 1.165) is 15.4 Å². The van der Waals surface area contributed by atoms with E-state index in [-0.39, 0.29) is 23.5 Å². The van der Waals surface area contributed by atoms with E-state index in [2.05, 4.69) is 5.32 Å². The average molecular weight is 659 g/mol. The van der Waals surface area contributed by atoms with Crippen molar-refractivity contribution in [3.63, 3.8) is 0 Å². The lowest BCUT2D eigenvalue weighted by Gasteiger charge is -2.33. The van der Waals surface area contributed by atoms with Gasteiger partial charge >= 0.3 is 0 Å². The maximum Gasteiger partial charge on any atom is 0.264 e. The van der Waals surface area contributed by atoms with Crippen LogP contribution in [0.2, 0.25) is 15.1 Å². The number of amides is 2. The van der Waals surface area contributed by atoms with Gasteiger partial charge in [0.2, 0.25) is 11.8 Å². The average Bonchev–Trinajstić information content (AvgIpc) is 2.99. The minimum absolute atomic E-state index is 0.0373. The molecule has 0 bridgehead atoms. The van der Waals surface area contributed by atoms with Crippen LogP contribution in [0.1, 0.15) is 16.7 Å². The van der Waals surface area contributed by atoms with Crippen LogP contribution >= 0.6 is 34.8 Å². The lowest BCUT2D eigenvalue weighted by molar-refractivity contribution is -0.139. The van der Waals surface area contributed by atoms with Gasteiger partial charge in [0.15, 0.2) is 0 Å². The summed E-state index contributed by atoms with van der Waals surface area (Å²) in [7, 11) is -2.74. The standard InChI is InChI=1S/C32H30Cl3N3O4S/c1-22-8-14-27(15-9-22)38(43(41,42)28-16-12-25(33)13-17-28)21-31(39)37(20-24-10-11-26(34)19-29(24)35)30(32(40)36-2)18-23-6-4-3-5-7-23/h3-17,19,30H,18,20-21H2,1-2H3,(H,36,40). The van der Waals surface area contributed by atoms with Crippen LogP contribution in [0.25, 0.3) is 0 Å². The molecule has 224 valence electrons. The highest BCUT2D eigenvalue weighted by atomic mass is 35.5. The van der Waals surface area contributed by atoms with Crippen molar-refractivity contribution in [2.24, 2.45) is 0 Å². The summed E-state index contributed by atoms with van der Waals surface area (Å²) in [6.07, 6.45) is 0.186. The van der Waals surface area contributed by atoms with Crippen molar-refractivity contribution in [1.82, 2.24) is 10.2 Å². The van der Waals surface area contributed by atoms with Gasteiger partial charge < -0.3 is 10.2 Å². The first kappa shape index (κ1) is 32.4. The normalized spacial score (nSPS) is 11.9. The molecule has 0 heterocycles. The van der Waals surface area contributed by atoms with Gasteiger partial charge in [-0.05, 0) is 66.6 Å². The zero-order valence-corrected chi connectivity index (χ0v) is 26.6. The number of carbonyl (C=O) groups is 2. The van der Waals surface area contributed by atoms with Crippen molar-refractivity contribution in [3.8, 4) is 0 Å². The van der Waals surface area contributed by atoms with Crippen molar-refractivity contribution >= 4 is 62.3 Å². The highest BCUT2D eigenvalue weighted by Gasteiger charge is 2.34. The number of hydrogen-bond donors (Lipinski definition) is 1. The molecule has 4 aromatic carbocycles. The Morgan fingerprint density at radius 3 is 2.07 bits per heavy atom. The number of likely N-dealkylation sites (N-methyl/N-ethyl adjacent to an activating group) is 1. The summed E-state index contributed by atoms with van der Waals surface area (Å²) in [4.78, 5) is 29.0. The molecule has 1 N–H and O–H groups in total. The quantitative estimate of drug-likeness (QED) is 0.198. The summed E-state index contributed by atoms with van der Waals surface area (Å²) in [5, 5.41) is 3.75. The van der Waals surface area contributed by atoms with Crippen molar-refractivity contribution in [3.05, 3.63) is 129 Å². The van der Waals surface area contributed by atoms with Gasteiger partial charge in [-0.15, -0.1) is 0 Å². The number of hydrogen-bond acceptors (Lipinski definition) is 4. The van der Waals surface area contributed by atoms with E-state index in [0.29, 0.717) is 20.6 Å². The molecule has 1 atom stereocenters. The van der Waals surface area contributed by atoms with Crippen LogP contribution in [0.3, 0.4) is 0 Å². The maximum absolute atomic E-state index is 14.3. The number of rotatable bonds is 11. The third-order valence-corrected chi connectivity index (χ3v) is 9.50. The van der Waals surface area contributed by atoms with Crippen molar-refractivity contribution in [2.45, 2.75) is 30.8 Å². The van der Waals surface area contributed by atoms with E-state index in [1.165, 1.54) is 36.2 Å². The van der Waals surface area contributed by atoms with Crippen molar-refractivity contribution in [2.75, 3.05) is 17.9 Å². The van der Waals surface area contributed by atoms with Crippen molar-refractivity contribution < 1.29 is 18.0 Å². The molecule has 0 aliphatic heterocycles. The molecule has 7 nitrogen and oxygen atoms in total. The van der Waals surface area contributed by atoms with Gasteiger partial charge in [-0.25, -0.2) is 8.42 Å². The molecular weight excluding hydrogens is 629 g/mol. The Morgan fingerprint density at radius 1 is 0.837 bits per heavy atom. The number of benzene rings is 4. The van der Waals surface area contributed by atoms with E-state index in [4.69, 9.17) is 34.8 Å². The fourth-order valence-electron chi connectivity index (χ4n) is 4.53. The summed E-state index contributed by atoms with van der Waals surface area (Å²) >= 11 is 18.6. The largest absolute Gasteiger partial charge is 0.357 e.